The van der Waals surface area contributed by atoms with E-state index in [0.29, 0.717) is 33.8 Å². The molecular formula is C24H27N3O2S. The first-order valence-electron chi connectivity index (χ1n) is 10.9. The molecule has 0 bridgehead atoms. The summed E-state index contributed by atoms with van der Waals surface area (Å²) in [5.41, 5.74) is 0.628. The number of likely N-dealkylation sites (tertiary alicyclic amines) is 1. The maximum atomic E-state index is 13.1. The van der Waals surface area contributed by atoms with Gasteiger partial charge >= 0.3 is 0 Å². The van der Waals surface area contributed by atoms with E-state index in [0.717, 1.165) is 30.2 Å². The highest BCUT2D eigenvalue weighted by Crippen LogP contribution is 2.35. The average molecular weight is 422 g/mol. The van der Waals surface area contributed by atoms with Gasteiger partial charge in [-0.15, -0.1) is 0 Å². The molecule has 0 spiro atoms. The molecule has 0 N–H and O–H groups in total. The van der Waals surface area contributed by atoms with Crippen LogP contribution in [0.4, 0.5) is 0 Å². The van der Waals surface area contributed by atoms with E-state index in [1.807, 2.05) is 36.4 Å². The Kier molecular flexibility index (Phi) is 5.27. The van der Waals surface area contributed by atoms with Gasteiger partial charge in [-0.1, -0.05) is 48.9 Å². The van der Waals surface area contributed by atoms with Crippen molar-refractivity contribution in [3.8, 4) is 0 Å². The summed E-state index contributed by atoms with van der Waals surface area (Å²) in [4.78, 5) is 32.8. The highest BCUT2D eigenvalue weighted by molar-refractivity contribution is 7.99. The number of fused-ring (bicyclic) bond motifs is 3. The summed E-state index contributed by atoms with van der Waals surface area (Å²) in [7, 11) is 1.74. The fourth-order valence-corrected chi connectivity index (χ4v) is 6.07. The monoisotopic (exact) mass is 421 g/mol. The predicted octanol–water partition coefficient (Wildman–Crippen LogP) is 4.36. The summed E-state index contributed by atoms with van der Waals surface area (Å²) in [6.07, 6.45) is 7.30. The maximum Gasteiger partial charge on any atom is 0.261 e. The van der Waals surface area contributed by atoms with Crippen LogP contribution in [0, 0.1) is 5.92 Å². The van der Waals surface area contributed by atoms with Crippen molar-refractivity contribution in [2.45, 2.75) is 49.7 Å². The molecule has 1 aromatic heterocycles. The lowest BCUT2D eigenvalue weighted by molar-refractivity contribution is -0.134. The molecule has 0 radical (unpaired) electrons. The summed E-state index contributed by atoms with van der Waals surface area (Å²) in [5.74, 6) is 1.20. The summed E-state index contributed by atoms with van der Waals surface area (Å²) in [5, 5.41) is 3.32. The van der Waals surface area contributed by atoms with Gasteiger partial charge in [-0.05, 0) is 54.5 Å². The van der Waals surface area contributed by atoms with Gasteiger partial charge < -0.3 is 4.90 Å². The summed E-state index contributed by atoms with van der Waals surface area (Å²) in [6.45, 7) is 0.872. The Balaban J connectivity index is 1.39. The molecule has 0 unspecified atom stereocenters. The zero-order chi connectivity index (χ0) is 20.7. The van der Waals surface area contributed by atoms with Crippen molar-refractivity contribution in [2.75, 3.05) is 12.3 Å². The minimum Gasteiger partial charge on any atom is -0.339 e. The van der Waals surface area contributed by atoms with Crippen molar-refractivity contribution in [3.63, 3.8) is 0 Å². The second kappa shape index (κ2) is 8.06. The molecule has 1 amide bonds. The third-order valence-corrected chi connectivity index (χ3v) is 7.81. The number of rotatable bonds is 3. The molecule has 3 aromatic rings. The average Bonchev–Trinajstić information content (AvgIpc) is 2.79. The molecule has 5 nitrogen and oxygen atoms in total. The second-order valence-corrected chi connectivity index (χ2v) is 9.55. The number of piperidine rings is 1. The zero-order valence-electron chi connectivity index (χ0n) is 17.3. The molecule has 1 saturated heterocycles. The first kappa shape index (κ1) is 19.6. The molecule has 156 valence electrons. The molecule has 5 rings (SSSR count). The van der Waals surface area contributed by atoms with E-state index in [1.54, 1.807) is 11.6 Å². The number of thioether (sulfide) groups is 1. The standard InChI is InChI=1S/C24H27N3O2S/c1-26-23(29)19-13-17-8-2-3-9-18(17)14-20(19)25-24(26)30-15-22(28)27-12-6-10-16-7-4-5-11-21(16)27/h2-3,8-9,13-14,16,21H,4-7,10-12,15H2,1H3/t16-,21-/m0/s1. The molecule has 30 heavy (non-hydrogen) atoms. The Hall–Kier alpha value is -2.34. The predicted molar refractivity (Wildman–Crippen MR) is 122 cm³/mol. The molecule has 2 heterocycles. The van der Waals surface area contributed by atoms with Crippen LogP contribution in [0.5, 0.6) is 0 Å². The number of nitrogens with zero attached hydrogens (tertiary/aromatic N) is 3. The van der Waals surface area contributed by atoms with E-state index < -0.39 is 0 Å². The van der Waals surface area contributed by atoms with E-state index in [9.17, 15) is 9.59 Å². The number of hydrogen-bond donors (Lipinski definition) is 0. The Labute approximate surface area is 180 Å². The van der Waals surface area contributed by atoms with Crippen molar-refractivity contribution >= 4 is 39.3 Å². The minimum absolute atomic E-state index is 0.0639. The van der Waals surface area contributed by atoms with Crippen LogP contribution in [0.25, 0.3) is 21.7 Å². The molecule has 2 fully saturated rings. The van der Waals surface area contributed by atoms with Gasteiger partial charge in [0.1, 0.15) is 0 Å². The number of hydrogen-bond acceptors (Lipinski definition) is 4. The van der Waals surface area contributed by atoms with Crippen molar-refractivity contribution in [1.82, 2.24) is 14.5 Å². The molecule has 1 aliphatic heterocycles. The van der Waals surface area contributed by atoms with Gasteiger partial charge in [0.15, 0.2) is 5.16 Å². The number of carbonyl (C=O) groups excluding carboxylic acids is 1. The smallest absolute Gasteiger partial charge is 0.261 e. The van der Waals surface area contributed by atoms with Crippen molar-refractivity contribution in [2.24, 2.45) is 13.0 Å². The highest BCUT2D eigenvalue weighted by Gasteiger charge is 2.35. The van der Waals surface area contributed by atoms with Crippen LogP contribution in [-0.4, -0.2) is 38.7 Å². The summed E-state index contributed by atoms with van der Waals surface area (Å²) in [6, 6.07) is 12.3. The third kappa shape index (κ3) is 3.51. The Bertz CT molecular complexity index is 1170. The van der Waals surface area contributed by atoms with Gasteiger partial charge in [-0.25, -0.2) is 4.98 Å². The normalized spacial score (nSPS) is 21.7. The molecular weight excluding hydrogens is 394 g/mol. The van der Waals surface area contributed by atoms with Gasteiger partial charge in [-0.3, -0.25) is 14.2 Å². The highest BCUT2D eigenvalue weighted by atomic mass is 32.2. The van der Waals surface area contributed by atoms with Crippen LogP contribution in [0.1, 0.15) is 38.5 Å². The van der Waals surface area contributed by atoms with Gasteiger partial charge in [0.05, 0.1) is 16.7 Å². The first-order valence-corrected chi connectivity index (χ1v) is 11.9. The topological polar surface area (TPSA) is 55.2 Å². The van der Waals surface area contributed by atoms with Crippen LogP contribution in [0.15, 0.2) is 46.3 Å². The van der Waals surface area contributed by atoms with E-state index in [1.165, 1.54) is 37.4 Å². The van der Waals surface area contributed by atoms with E-state index in [4.69, 9.17) is 4.98 Å². The number of aromatic nitrogens is 2. The fraction of sp³-hybridized carbons (Fsp3) is 0.458. The zero-order valence-corrected chi connectivity index (χ0v) is 18.2. The molecule has 2 atom stereocenters. The van der Waals surface area contributed by atoms with Crippen LogP contribution in [0.3, 0.4) is 0 Å². The Morgan fingerprint density at radius 3 is 2.67 bits per heavy atom. The van der Waals surface area contributed by atoms with Crippen molar-refractivity contribution in [3.05, 3.63) is 46.8 Å². The van der Waals surface area contributed by atoms with E-state index in [-0.39, 0.29) is 11.5 Å². The van der Waals surface area contributed by atoms with Crippen molar-refractivity contribution in [1.29, 1.82) is 0 Å². The quantitative estimate of drug-likeness (QED) is 0.358. The molecule has 1 aliphatic carbocycles. The molecule has 2 aromatic carbocycles. The van der Waals surface area contributed by atoms with Crippen molar-refractivity contribution < 1.29 is 4.79 Å². The number of benzene rings is 2. The molecule has 6 heteroatoms. The SMILES string of the molecule is Cn1c(SCC(=O)N2CCC[C@@H]3CCCC[C@@H]32)nc2cc3ccccc3cc2c1=O. The van der Waals surface area contributed by atoms with E-state index >= 15 is 0 Å². The third-order valence-electron chi connectivity index (χ3n) is 6.79. The number of carbonyl (C=O) groups is 1. The lowest BCUT2D eigenvalue weighted by Crippen LogP contribution is -2.50. The largest absolute Gasteiger partial charge is 0.339 e. The maximum absolute atomic E-state index is 13.1. The van der Waals surface area contributed by atoms with Crippen LogP contribution < -0.4 is 5.56 Å². The van der Waals surface area contributed by atoms with Crippen LogP contribution in [0.2, 0.25) is 0 Å². The fourth-order valence-electron chi connectivity index (χ4n) is 5.21. The second-order valence-electron chi connectivity index (χ2n) is 8.60. The van der Waals surface area contributed by atoms with Gasteiger partial charge in [-0.2, -0.15) is 0 Å². The lowest BCUT2D eigenvalue weighted by atomic mass is 9.78. The Morgan fingerprint density at radius 2 is 1.83 bits per heavy atom. The van der Waals surface area contributed by atoms with Crippen LogP contribution in [-0.2, 0) is 11.8 Å². The summed E-state index contributed by atoms with van der Waals surface area (Å²) >= 11 is 1.38. The molecule has 2 aliphatic rings. The van der Waals surface area contributed by atoms with E-state index in [2.05, 4.69) is 4.90 Å². The minimum atomic E-state index is -0.0639. The number of amides is 1. The lowest BCUT2D eigenvalue weighted by Gasteiger charge is -2.44. The first-order chi connectivity index (χ1) is 14.6. The Morgan fingerprint density at radius 1 is 1.10 bits per heavy atom. The van der Waals surface area contributed by atoms with Crippen LogP contribution >= 0.6 is 11.8 Å². The summed E-state index contributed by atoms with van der Waals surface area (Å²) < 4.78 is 1.58. The molecule has 1 saturated carbocycles. The van der Waals surface area contributed by atoms with Gasteiger partial charge in [0, 0.05) is 19.6 Å². The van der Waals surface area contributed by atoms with Gasteiger partial charge in [0.2, 0.25) is 5.91 Å². The van der Waals surface area contributed by atoms with Gasteiger partial charge in [0.25, 0.3) is 5.56 Å².